The second-order valence-electron chi connectivity index (χ2n) is 7.01. The number of benzene rings is 1. The van der Waals surface area contributed by atoms with E-state index >= 15 is 0 Å². The van der Waals surface area contributed by atoms with Crippen LogP contribution in [0.25, 0.3) is 0 Å². The molecule has 0 radical (unpaired) electrons. The molecule has 1 aliphatic heterocycles. The van der Waals surface area contributed by atoms with Crippen LogP contribution in [0.15, 0.2) is 46.1 Å². The van der Waals surface area contributed by atoms with E-state index in [2.05, 4.69) is 15.5 Å². The van der Waals surface area contributed by atoms with Gasteiger partial charge in [-0.2, -0.15) is 0 Å². The molecule has 3 heterocycles. The number of esters is 1. The molecule has 1 N–H and O–H groups in total. The van der Waals surface area contributed by atoms with E-state index < -0.39 is 18.5 Å². The Balaban J connectivity index is 1.38. The number of hydrogen-bond acceptors (Lipinski definition) is 10. The second-order valence-corrected chi connectivity index (χ2v) is 7.97. The summed E-state index contributed by atoms with van der Waals surface area (Å²) in [6, 6.07) is 7.97. The maximum atomic E-state index is 12.6. The van der Waals surface area contributed by atoms with Crippen LogP contribution in [0.2, 0.25) is 0 Å². The zero-order valence-electron chi connectivity index (χ0n) is 17.7. The Hall–Kier alpha value is -3.86. The zero-order chi connectivity index (χ0) is 23.4. The Morgan fingerprint density at radius 3 is 2.67 bits per heavy atom. The number of nitrogens with one attached hydrogen (secondary N) is 1. The minimum absolute atomic E-state index is 0.0312. The molecule has 3 aromatic rings. The molecule has 1 aliphatic rings. The number of carbonyl (C=O) groups excluding carboxylic acids is 3. The normalized spacial score (nSPS) is 11.8. The molecule has 4 rings (SSSR count). The third kappa shape index (κ3) is 5.32. The van der Waals surface area contributed by atoms with E-state index in [1.807, 2.05) is 0 Å². The highest BCUT2D eigenvalue weighted by molar-refractivity contribution is 7.98. The van der Waals surface area contributed by atoms with Crippen molar-refractivity contribution < 1.29 is 33.1 Å². The molecule has 10 nitrogen and oxygen atoms in total. The van der Waals surface area contributed by atoms with Gasteiger partial charge < -0.3 is 24.1 Å². The lowest BCUT2D eigenvalue weighted by Gasteiger charge is -2.11. The summed E-state index contributed by atoms with van der Waals surface area (Å²) in [4.78, 5) is 41.2. The zero-order valence-corrected chi connectivity index (χ0v) is 18.6. The number of thioether (sulfide) groups is 1. The number of ketones is 1. The van der Waals surface area contributed by atoms with Crippen LogP contribution in [0.5, 0.6) is 11.5 Å². The predicted octanol–water partition coefficient (Wildman–Crippen LogP) is 3.40. The fourth-order valence-corrected chi connectivity index (χ4v) is 3.88. The molecule has 1 amide bonds. The standard InChI is InChI=1S/C22H19N3O7S/c1-12-6-14(25-32-12)10-33-21-15(4-3-5-23-21)22(28)29-9-20(27)24-17-8-19-18(30-11-31-19)7-16(17)13(2)26/h3-8H,9-11H2,1-2H3,(H,24,27). The molecular weight excluding hydrogens is 450 g/mol. The lowest BCUT2D eigenvalue weighted by atomic mass is 10.1. The fraction of sp³-hybridized carbons (Fsp3) is 0.227. The summed E-state index contributed by atoms with van der Waals surface area (Å²) >= 11 is 1.30. The highest BCUT2D eigenvalue weighted by atomic mass is 32.2. The summed E-state index contributed by atoms with van der Waals surface area (Å²) in [7, 11) is 0. The van der Waals surface area contributed by atoms with Gasteiger partial charge in [0.1, 0.15) is 10.8 Å². The first-order chi connectivity index (χ1) is 15.9. The van der Waals surface area contributed by atoms with Crippen LogP contribution in [0, 0.1) is 6.92 Å². The second kappa shape index (κ2) is 9.74. The van der Waals surface area contributed by atoms with Crippen LogP contribution in [0.3, 0.4) is 0 Å². The first-order valence-corrected chi connectivity index (χ1v) is 10.8. The number of pyridine rings is 1. The SMILES string of the molecule is CC(=O)c1cc2c(cc1NC(=O)COC(=O)c1cccnc1SCc1cc(C)on1)OCO2. The molecule has 0 bridgehead atoms. The molecule has 0 atom stereocenters. The molecule has 11 heteroatoms. The molecule has 33 heavy (non-hydrogen) atoms. The van der Waals surface area contributed by atoms with Gasteiger partial charge in [-0.25, -0.2) is 9.78 Å². The number of nitrogens with zero attached hydrogens (tertiary/aromatic N) is 2. The Bertz CT molecular complexity index is 1220. The maximum Gasteiger partial charge on any atom is 0.341 e. The van der Waals surface area contributed by atoms with Crippen LogP contribution in [-0.4, -0.2) is 41.2 Å². The average molecular weight is 469 g/mol. The molecule has 170 valence electrons. The molecule has 2 aromatic heterocycles. The lowest BCUT2D eigenvalue weighted by molar-refractivity contribution is -0.119. The maximum absolute atomic E-state index is 12.6. The van der Waals surface area contributed by atoms with Gasteiger partial charge >= 0.3 is 5.97 Å². The van der Waals surface area contributed by atoms with Crippen molar-refractivity contribution in [1.29, 1.82) is 0 Å². The lowest BCUT2D eigenvalue weighted by Crippen LogP contribution is -2.22. The summed E-state index contributed by atoms with van der Waals surface area (Å²) in [5.74, 6) is 0.397. The molecular formula is C22H19N3O7S. The molecule has 0 spiro atoms. The predicted molar refractivity (Wildman–Crippen MR) is 117 cm³/mol. The van der Waals surface area contributed by atoms with Crippen molar-refractivity contribution in [1.82, 2.24) is 10.1 Å². The first-order valence-electron chi connectivity index (χ1n) is 9.82. The van der Waals surface area contributed by atoms with Gasteiger partial charge in [-0.1, -0.05) is 16.9 Å². The topological polar surface area (TPSA) is 130 Å². The van der Waals surface area contributed by atoms with E-state index in [4.69, 9.17) is 18.7 Å². The molecule has 0 saturated heterocycles. The largest absolute Gasteiger partial charge is 0.454 e. The highest BCUT2D eigenvalue weighted by Crippen LogP contribution is 2.37. The number of amides is 1. The van der Waals surface area contributed by atoms with Crippen molar-refractivity contribution in [3.63, 3.8) is 0 Å². The number of aryl methyl sites for hydroxylation is 1. The monoisotopic (exact) mass is 469 g/mol. The summed E-state index contributed by atoms with van der Waals surface area (Å²) in [5.41, 5.74) is 1.44. The minimum Gasteiger partial charge on any atom is -0.454 e. The average Bonchev–Trinajstić information content (AvgIpc) is 3.43. The number of carbonyl (C=O) groups is 3. The molecule has 0 saturated carbocycles. The van der Waals surface area contributed by atoms with Crippen LogP contribution in [-0.2, 0) is 15.3 Å². The quantitative estimate of drug-likeness (QED) is 0.298. The van der Waals surface area contributed by atoms with E-state index in [1.54, 1.807) is 31.3 Å². The van der Waals surface area contributed by atoms with Crippen LogP contribution in [0.1, 0.15) is 39.1 Å². The summed E-state index contributed by atoms with van der Waals surface area (Å²) < 4.78 is 20.8. The Morgan fingerprint density at radius 2 is 1.94 bits per heavy atom. The van der Waals surface area contributed by atoms with Crippen molar-refractivity contribution in [2.75, 3.05) is 18.7 Å². The van der Waals surface area contributed by atoms with Gasteiger partial charge in [-0.15, -0.1) is 0 Å². The number of hydrogen-bond donors (Lipinski definition) is 1. The van der Waals surface area contributed by atoms with Gasteiger partial charge in [0, 0.05) is 29.6 Å². The number of fused-ring (bicyclic) bond motifs is 1. The van der Waals surface area contributed by atoms with Crippen molar-refractivity contribution >= 4 is 35.1 Å². The van der Waals surface area contributed by atoms with Gasteiger partial charge in [-0.05, 0) is 32.0 Å². The Kier molecular flexibility index (Phi) is 6.59. The number of rotatable bonds is 8. The third-order valence-electron chi connectivity index (χ3n) is 4.53. The van der Waals surface area contributed by atoms with Gasteiger partial charge in [0.25, 0.3) is 5.91 Å². The fourth-order valence-electron chi connectivity index (χ4n) is 3.02. The van der Waals surface area contributed by atoms with Crippen molar-refractivity contribution in [2.24, 2.45) is 0 Å². The number of Topliss-reactive ketones (excluding diaryl/α,β-unsaturated/α-hetero) is 1. The van der Waals surface area contributed by atoms with Gasteiger partial charge in [0.15, 0.2) is 23.9 Å². The van der Waals surface area contributed by atoms with E-state index in [0.29, 0.717) is 33.7 Å². The molecule has 0 unspecified atom stereocenters. The summed E-state index contributed by atoms with van der Waals surface area (Å²) in [6.07, 6.45) is 1.56. The Morgan fingerprint density at radius 1 is 1.15 bits per heavy atom. The highest BCUT2D eigenvalue weighted by Gasteiger charge is 2.21. The minimum atomic E-state index is -0.699. The van der Waals surface area contributed by atoms with Crippen molar-refractivity contribution in [2.45, 2.75) is 24.6 Å². The van der Waals surface area contributed by atoms with E-state index in [0.717, 1.165) is 0 Å². The number of ether oxygens (including phenoxy) is 3. The van der Waals surface area contributed by atoms with E-state index in [1.165, 1.54) is 30.8 Å². The van der Waals surface area contributed by atoms with Crippen molar-refractivity contribution in [3.8, 4) is 11.5 Å². The van der Waals surface area contributed by atoms with E-state index in [9.17, 15) is 14.4 Å². The van der Waals surface area contributed by atoms with Crippen molar-refractivity contribution in [3.05, 3.63) is 59.1 Å². The smallest absolute Gasteiger partial charge is 0.341 e. The Labute approximate surface area is 192 Å². The summed E-state index contributed by atoms with van der Waals surface area (Å²) in [6.45, 7) is 2.64. The first kappa shape index (κ1) is 22.3. The molecule has 0 aliphatic carbocycles. The number of aromatic nitrogens is 2. The van der Waals surface area contributed by atoms with E-state index in [-0.39, 0.29) is 29.4 Å². The number of anilines is 1. The summed E-state index contributed by atoms with van der Waals surface area (Å²) in [5, 5.41) is 6.94. The van der Waals surface area contributed by atoms with Crippen LogP contribution in [0.4, 0.5) is 5.69 Å². The van der Waals surface area contributed by atoms with Gasteiger partial charge in [0.2, 0.25) is 6.79 Å². The molecule has 0 fully saturated rings. The third-order valence-corrected chi connectivity index (χ3v) is 5.56. The van der Waals surface area contributed by atoms with Gasteiger partial charge in [0.05, 0.1) is 16.9 Å². The van der Waals surface area contributed by atoms with Gasteiger partial charge in [-0.3, -0.25) is 9.59 Å². The van der Waals surface area contributed by atoms with Crippen LogP contribution >= 0.6 is 11.8 Å². The van der Waals surface area contributed by atoms with Crippen LogP contribution < -0.4 is 14.8 Å². The molecule has 1 aromatic carbocycles.